The molecule has 0 bridgehead atoms. The maximum Gasteiger partial charge on any atom is 0.418 e. The van der Waals surface area contributed by atoms with Crippen molar-refractivity contribution in [2.24, 2.45) is 0 Å². The summed E-state index contributed by atoms with van der Waals surface area (Å²) in [6.45, 7) is 0.370. The first-order chi connectivity index (χ1) is 12.8. The zero-order chi connectivity index (χ0) is 19.4. The minimum absolute atomic E-state index is 0.0777. The lowest BCUT2D eigenvalue weighted by Crippen LogP contribution is -2.17. The van der Waals surface area contributed by atoms with E-state index in [9.17, 15) is 18.0 Å². The second-order valence-electron chi connectivity index (χ2n) is 5.54. The maximum atomic E-state index is 13.1. The highest BCUT2D eigenvalue weighted by atomic mass is 35.5. The summed E-state index contributed by atoms with van der Waals surface area (Å²) in [5.74, 6) is -0.0437. The van der Waals surface area contributed by atoms with Crippen LogP contribution in [0, 0.1) is 0 Å². The molecule has 0 aliphatic carbocycles. The number of nitrogens with one attached hydrogen (secondary N) is 2. The second-order valence-corrected chi connectivity index (χ2v) is 5.97. The van der Waals surface area contributed by atoms with Crippen LogP contribution in [0.5, 0.6) is 0 Å². The molecule has 5 nitrogen and oxygen atoms in total. The van der Waals surface area contributed by atoms with Gasteiger partial charge >= 0.3 is 6.18 Å². The van der Waals surface area contributed by atoms with Crippen molar-refractivity contribution in [3.63, 3.8) is 0 Å². The van der Waals surface area contributed by atoms with E-state index < -0.39 is 17.6 Å². The van der Waals surface area contributed by atoms with Crippen molar-refractivity contribution in [2.75, 3.05) is 10.6 Å². The van der Waals surface area contributed by atoms with Gasteiger partial charge in [0.05, 0.1) is 35.3 Å². The van der Waals surface area contributed by atoms with Gasteiger partial charge in [-0.15, -0.1) is 0 Å². The number of nitrogens with zero attached hydrogens (tertiary/aromatic N) is 1. The van der Waals surface area contributed by atoms with Gasteiger partial charge in [0, 0.05) is 17.4 Å². The molecule has 2 N–H and O–H groups in total. The van der Waals surface area contributed by atoms with Gasteiger partial charge in [-0.3, -0.25) is 9.78 Å². The highest BCUT2D eigenvalue weighted by Gasteiger charge is 2.34. The zero-order valence-corrected chi connectivity index (χ0v) is 14.4. The van der Waals surface area contributed by atoms with Gasteiger partial charge in [-0.1, -0.05) is 11.6 Å². The molecule has 1 amide bonds. The van der Waals surface area contributed by atoms with Gasteiger partial charge in [-0.05, 0) is 36.4 Å². The van der Waals surface area contributed by atoms with E-state index in [1.807, 2.05) is 0 Å². The largest absolute Gasteiger partial charge is 0.467 e. The van der Waals surface area contributed by atoms with Gasteiger partial charge in [-0.2, -0.15) is 13.2 Å². The van der Waals surface area contributed by atoms with Gasteiger partial charge in [0.25, 0.3) is 5.91 Å². The fourth-order valence-electron chi connectivity index (χ4n) is 2.32. The van der Waals surface area contributed by atoms with E-state index in [2.05, 4.69) is 15.6 Å². The average Bonchev–Trinajstić information content (AvgIpc) is 3.14. The highest BCUT2D eigenvalue weighted by molar-refractivity contribution is 6.30. The SMILES string of the molecule is O=C(Nc1ccc(Cl)cc1C(F)(F)F)c1cncc(NCc2ccco2)c1. The smallest absolute Gasteiger partial charge is 0.418 e. The molecule has 3 aromatic rings. The van der Waals surface area contributed by atoms with Crippen LogP contribution in [-0.4, -0.2) is 10.9 Å². The number of hydrogen-bond donors (Lipinski definition) is 2. The van der Waals surface area contributed by atoms with Crippen LogP contribution in [-0.2, 0) is 12.7 Å². The lowest BCUT2D eigenvalue weighted by molar-refractivity contribution is -0.136. The van der Waals surface area contributed by atoms with Crippen LogP contribution in [0.15, 0.2) is 59.5 Å². The third kappa shape index (κ3) is 4.79. The lowest BCUT2D eigenvalue weighted by Gasteiger charge is -2.14. The standard InChI is InChI=1S/C18H13ClF3N3O2/c19-12-3-4-16(15(7-12)18(20,21)22)25-17(26)11-6-13(9-23-8-11)24-10-14-2-1-5-27-14/h1-9,24H,10H2,(H,25,26). The topological polar surface area (TPSA) is 67.2 Å². The van der Waals surface area contributed by atoms with E-state index in [0.29, 0.717) is 18.0 Å². The highest BCUT2D eigenvalue weighted by Crippen LogP contribution is 2.36. The molecule has 0 atom stereocenters. The van der Waals surface area contributed by atoms with Gasteiger partial charge in [0.15, 0.2) is 0 Å². The Hall–Kier alpha value is -3.00. The third-order valence-electron chi connectivity index (χ3n) is 3.58. The van der Waals surface area contributed by atoms with Crippen molar-refractivity contribution in [3.8, 4) is 0 Å². The Morgan fingerprint density at radius 3 is 2.70 bits per heavy atom. The first-order valence-electron chi connectivity index (χ1n) is 7.72. The first-order valence-corrected chi connectivity index (χ1v) is 8.10. The van der Waals surface area contributed by atoms with Crippen molar-refractivity contribution >= 4 is 28.9 Å². The number of amides is 1. The fourth-order valence-corrected chi connectivity index (χ4v) is 2.49. The molecule has 0 aliphatic heterocycles. The fraction of sp³-hybridized carbons (Fsp3) is 0.111. The molecule has 0 radical (unpaired) electrons. The van der Waals surface area contributed by atoms with Crippen LogP contribution in [0.1, 0.15) is 21.7 Å². The molecular weight excluding hydrogens is 383 g/mol. The molecule has 3 rings (SSSR count). The summed E-state index contributed by atoms with van der Waals surface area (Å²) in [6, 6.07) is 8.13. The minimum atomic E-state index is -4.65. The number of anilines is 2. The molecular formula is C18H13ClF3N3O2. The van der Waals surface area contributed by atoms with E-state index in [-0.39, 0.29) is 16.3 Å². The molecule has 2 aromatic heterocycles. The van der Waals surface area contributed by atoms with Crippen LogP contribution >= 0.6 is 11.6 Å². The van der Waals surface area contributed by atoms with Gasteiger partial charge in [0.1, 0.15) is 5.76 Å². The van der Waals surface area contributed by atoms with Crippen LogP contribution in [0.25, 0.3) is 0 Å². The molecule has 9 heteroatoms. The van der Waals surface area contributed by atoms with Gasteiger partial charge < -0.3 is 15.1 Å². The predicted molar refractivity (Wildman–Crippen MR) is 94.7 cm³/mol. The molecule has 1 aromatic carbocycles. The Labute approximate surface area is 157 Å². The zero-order valence-electron chi connectivity index (χ0n) is 13.7. The Balaban J connectivity index is 1.76. The third-order valence-corrected chi connectivity index (χ3v) is 3.82. The number of pyridine rings is 1. The molecule has 0 spiro atoms. The van der Waals surface area contributed by atoms with E-state index in [4.69, 9.17) is 16.0 Å². The second kappa shape index (κ2) is 7.71. The van der Waals surface area contributed by atoms with Crippen molar-refractivity contribution < 1.29 is 22.4 Å². The molecule has 0 fully saturated rings. The molecule has 27 heavy (non-hydrogen) atoms. The summed E-state index contributed by atoms with van der Waals surface area (Å²) in [6.07, 6.45) is -0.374. The maximum absolute atomic E-state index is 13.1. The molecule has 140 valence electrons. The number of furan rings is 1. The van der Waals surface area contributed by atoms with Crippen molar-refractivity contribution in [2.45, 2.75) is 12.7 Å². The lowest BCUT2D eigenvalue weighted by atomic mass is 10.1. The monoisotopic (exact) mass is 395 g/mol. The van der Waals surface area contributed by atoms with Crippen molar-refractivity contribution in [1.29, 1.82) is 0 Å². The summed E-state index contributed by atoms with van der Waals surface area (Å²) < 4.78 is 44.6. The molecule has 0 unspecified atom stereocenters. The Kier molecular flexibility index (Phi) is 5.36. The van der Waals surface area contributed by atoms with E-state index in [1.54, 1.807) is 12.1 Å². The van der Waals surface area contributed by atoms with Gasteiger partial charge in [-0.25, -0.2) is 0 Å². The van der Waals surface area contributed by atoms with Crippen LogP contribution in [0.3, 0.4) is 0 Å². The van der Waals surface area contributed by atoms with E-state index in [1.165, 1.54) is 30.8 Å². The van der Waals surface area contributed by atoms with Crippen LogP contribution in [0.2, 0.25) is 5.02 Å². The molecule has 0 saturated carbocycles. The Morgan fingerprint density at radius 2 is 2.00 bits per heavy atom. The van der Waals surface area contributed by atoms with E-state index in [0.717, 1.165) is 12.1 Å². The molecule has 2 heterocycles. The summed E-state index contributed by atoms with van der Waals surface area (Å²) in [5, 5.41) is 5.19. The number of carbonyl (C=O) groups is 1. The number of alkyl halides is 3. The van der Waals surface area contributed by atoms with Crippen molar-refractivity contribution in [3.05, 3.63) is 77.0 Å². The normalized spacial score (nSPS) is 11.3. The summed E-state index contributed by atoms with van der Waals surface area (Å²) in [5.41, 5.74) is -0.789. The van der Waals surface area contributed by atoms with Gasteiger partial charge in [0.2, 0.25) is 0 Å². The summed E-state index contributed by atoms with van der Waals surface area (Å²) in [4.78, 5) is 16.3. The van der Waals surface area contributed by atoms with Crippen molar-refractivity contribution in [1.82, 2.24) is 4.98 Å². The predicted octanol–water partition coefficient (Wildman–Crippen LogP) is 5.21. The number of halogens is 4. The number of carbonyl (C=O) groups excluding carboxylic acids is 1. The quantitative estimate of drug-likeness (QED) is 0.622. The molecule has 0 saturated heterocycles. The minimum Gasteiger partial charge on any atom is -0.467 e. The van der Waals surface area contributed by atoms with Crippen LogP contribution in [0.4, 0.5) is 24.5 Å². The summed E-state index contributed by atoms with van der Waals surface area (Å²) >= 11 is 5.64. The summed E-state index contributed by atoms with van der Waals surface area (Å²) in [7, 11) is 0. The average molecular weight is 396 g/mol. The van der Waals surface area contributed by atoms with E-state index >= 15 is 0 Å². The first kappa shape index (κ1) is 18.8. The molecule has 0 aliphatic rings. The number of hydrogen-bond acceptors (Lipinski definition) is 4. The Morgan fingerprint density at radius 1 is 1.19 bits per heavy atom. The number of rotatable bonds is 5. The number of aromatic nitrogens is 1. The Bertz CT molecular complexity index is 943. The number of benzene rings is 1. The van der Waals surface area contributed by atoms with Crippen LogP contribution < -0.4 is 10.6 Å².